The van der Waals surface area contributed by atoms with E-state index < -0.39 is 21.9 Å². The Morgan fingerprint density at radius 1 is 1.27 bits per heavy atom. The van der Waals surface area contributed by atoms with E-state index in [-0.39, 0.29) is 19.1 Å². The molecule has 1 saturated heterocycles. The molecule has 1 aliphatic rings. The number of ether oxygens (including phenoxy) is 1. The van der Waals surface area contributed by atoms with Crippen molar-refractivity contribution in [2.75, 3.05) is 31.3 Å². The number of carbonyl (C=O) groups is 2. The highest BCUT2D eigenvalue weighted by Crippen LogP contribution is 2.36. The van der Waals surface area contributed by atoms with Crippen molar-refractivity contribution in [3.63, 3.8) is 0 Å². The summed E-state index contributed by atoms with van der Waals surface area (Å²) in [5.41, 5.74) is 2.47. The lowest BCUT2D eigenvalue weighted by Crippen LogP contribution is -2.43. The molecule has 2 heterocycles. The lowest BCUT2D eigenvalue weighted by Gasteiger charge is -2.30. The third-order valence-electron chi connectivity index (χ3n) is 5.01. The summed E-state index contributed by atoms with van der Waals surface area (Å²) in [7, 11) is -3.35. The van der Waals surface area contributed by atoms with Gasteiger partial charge in [0.15, 0.2) is 0 Å². The monoisotopic (exact) mass is 450 g/mol. The molecule has 0 radical (unpaired) electrons. The van der Waals surface area contributed by atoms with Crippen molar-refractivity contribution in [3.8, 4) is 10.4 Å². The maximum Gasteiger partial charge on any atom is 0.350 e. The second-order valence-electron chi connectivity index (χ2n) is 7.39. The van der Waals surface area contributed by atoms with E-state index >= 15 is 0 Å². The summed E-state index contributed by atoms with van der Waals surface area (Å²) >= 11 is 1.26. The first-order chi connectivity index (χ1) is 14.2. The molecule has 1 amide bonds. The van der Waals surface area contributed by atoms with Gasteiger partial charge in [-0.3, -0.25) is 4.79 Å². The Balaban J connectivity index is 1.85. The number of esters is 1. The van der Waals surface area contributed by atoms with Gasteiger partial charge in [0.25, 0.3) is 0 Å². The highest BCUT2D eigenvalue weighted by molar-refractivity contribution is 7.88. The van der Waals surface area contributed by atoms with E-state index in [1.807, 2.05) is 31.2 Å². The first-order valence-electron chi connectivity index (χ1n) is 9.83. The Kier molecular flexibility index (Phi) is 6.95. The number of aryl methyl sites for hydroxylation is 1. The second-order valence-corrected chi connectivity index (χ2v) is 10.4. The first kappa shape index (κ1) is 22.5. The number of rotatable bonds is 6. The van der Waals surface area contributed by atoms with Crippen LogP contribution in [0.15, 0.2) is 30.3 Å². The number of nitrogens with one attached hydrogen (secondary N) is 1. The number of anilines is 1. The van der Waals surface area contributed by atoms with Crippen molar-refractivity contribution in [2.45, 2.75) is 26.7 Å². The molecule has 1 atom stereocenters. The molecule has 0 saturated carbocycles. The van der Waals surface area contributed by atoms with E-state index in [1.54, 1.807) is 13.0 Å². The lowest BCUT2D eigenvalue weighted by molar-refractivity contribution is -0.120. The van der Waals surface area contributed by atoms with Crippen molar-refractivity contribution >= 4 is 38.9 Å². The van der Waals surface area contributed by atoms with Gasteiger partial charge in [0.1, 0.15) is 4.88 Å². The van der Waals surface area contributed by atoms with Gasteiger partial charge < -0.3 is 10.1 Å². The molecule has 1 aromatic carbocycles. The van der Waals surface area contributed by atoms with Crippen LogP contribution in [0.5, 0.6) is 0 Å². The molecule has 162 valence electrons. The van der Waals surface area contributed by atoms with Gasteiger partial charge in [0.05, 0.1) is 24.5 Å². The molecule has 1 aliphatic heterocycles. The van der Waals surface area contributed by atoms with Crippen LogP contribution in [0.4, 0.5) is 5.69 Å². The molecule has 0 spiro atoms. The topological polar surface area (TPSA) is 92.8 Å². The summed E-state index contributed by atoms with van der Waals surface area (Å²) in [6.07, 6.45) is 2.37. The number of carbonyl (C=O) groups excluding carboxylic acids is 2. The van der Waals surface area contributed by atoms with Crippen LogP contribution >= 0.6 is 11.3 Å². The molecule has 1 fully saturated rings. The van der Waals surface area contributed by atoms with Crippen LogP contribution in [0.3, 0.4) is 0 Å². The molecule has 30 heavy (non-hydrogen) atoms. The van der Waals surface area contributed by atoms with E-state index in [4.69, 9.17) is 4.74 Å². The first-order valence-corrected chi connectivity index (χ1v) is 12.5. The minimum atomic E-state index is -3.35. The molecule has 1 N–H and O–H groups in total. The average molecular weight is 451 g/mol. The zero-order valence-electron chi connectivity index (χ0n) is 17.3. The molecule has 9 heteroatoms. The van der Waals surface area contributed by atoms with Gasteiger partial charge in [-0.05, 0) is 38.3 Å². The number of nitrogens with zero attached hydrogens (tertiary/aromatic N) is 1. The fourth-order valence-electron chi connectivity index (χ4n) is 3.38. The molecule has 3 rings (SSSR count). The van der Waals surface area contributed by atoms with Crippen LogP contribution in [0, 0.1) is 12.8 Å². The largest absolute Gasteiger partial charge is 0.462 e. The maximum atomic E-state index is 12.9. The van der Waals surface area contributed by atoms with Crippen LogP contribution in [-0.4, -0.2) is 50.6 Å². The minimum Gasteiger partial charge on any atom is -0.462 e. The summed E-state index contributed by atoms with van der Waals surface area (Å²) in [5, 5.41) is 2.84. The summed E-state index contributed by atoms with van der Waals surface area (Å²) in [6, 6.07) is 9.68. The number of piperidine rings is 1. The number of hydrogen-bond donors (Lipinski definition) is 1. The van der Waals surface area contributed by atoms with Gasteiger partial charge in [-0.2, -0.15) is 0 Å². The Morgan fingerprint density at radius 3 is 2.60 bits per heavy atom. The van der Waals surface area contributed by atoms with Crippen molar-refractivity contribution in [1.29, 1.82) is 0 Å². The van der Waals surface area contributed by atoms with Gasteiger partial charge in [0, 0.05) is 18.0 Å². The Morgan fingerprint density at radius 2 is 1.97 bits per heavy atom. The third-order valence-corrected chi connectivity index (χ3v) is 7.44. The highest BCUT2D eigenvalue weighted by atomic mass is 32.2. The number of thiophene rings is 1. The molecular formula is C21H26N2O5S2. The van der Waals surface area contributed by atoms with Gasteiger partial charge in [-0.1, -0.05) is 29.8 Å². The predicted molar refractivity (Wildman–Crippen MR) is 118 cm³/mol. The van der Waals surface area contributed by atoms with E-state index in [1.165, 1.54) is 15.6 Å². The second kappa shape index (κ2) is 9.28. The van der Waals surface area contributed by atoms with Gasteiger partial charge >= 0.3 is 5.97 Å². The average Bonchev–Trinajstić information content (AvgIpc) is 3.12. The van der Waals surface area contributed by atoms with Crippen LogP contribution in [0.2, 0.25) is 0 Å². The summed E-state index contributed by atoms with van der Waals surface area (Å²) in [5.74, 6) is -1.24. The molecule has 0 bridgehead atoms. The zero-order chi connectivity index (χ0) is 21.9. The van der Waals surface area contributed by atoms with E-state index in [0.29, 0.717) is 30.0 Å². The van der Waals surface area contributed by atoms with Crippen molar-refractivity contribution < 1.29 is 22.7 Å². The molecule has 1 aromatic heterocycles. The zero-order valence-corrected chi connectivity index (χ0v) is 18.9. The standard InChI is InChI=1S/C21H26N2O5S2/c1-4-28-21(25)19-17(12-18(29-19)15-9-7-14(2)8-10-15)22-20(24)16-6-5-11-23(13-16)30(3,26)27/h7-10,12,16H,4-6,11,13H2,1-3H3,(H,22,24)/t16-/m0/s1. The summed E-state index contributed by atoms with van der Waals surface area (Å²) in [4.78, 5) is 26.5. The number of sulfonamides is 1. The van der Waals surface area contributed by atoms with Crippen molar-refractivity contribution in [1.82, 2.24) is 4.31 Å². The van der Waals surface area contributed by atoms with Crippen molar-refractivity contribution in [3.05, 3.63) is 40.8 Å². The van der Waals surface area contributed by atoms with E-state index in [9.17, 15) is 18.0 Å². The summed E-state index contributed by atoms with van der Waals surface area (Å²) < 4.78 is 30.2. The Hall–Kier alpha value is -2.23. The molecular weight excluding hydrogens is 424 g/mol. The third kappa shape index (κ3) is 5.27. The Labute approximate surface area is 181 Å². The Bertz CT molecular complexity index is 1030. The minimum absolute atomic E-state index is 0.147. The lowest BCUT2D eigenvalue weighted by atomic mass is 9.98. The number of benzene rings is 1. The molecule has 0 unspecified atom stereocenters. The smallest absolute Gasteiger partial charge is 0.350 e. The normalized spacial score (nSPS) is 17.5. The molecule has 2 aromatic rings. The van der Waals surface area contributed by atoms with E-state index in [0.717, 1.165) is 22.3 Å². The maximum absolute atomic E-state index is 12.9. The van der Waals surface area contributed by atoms with Crippen LogP contribution in [0.25, 0.3) is 10.4 Å². The summed E-state index contributed by atoms with van der Waals surface area (Å²) in [6.45, 7) is 4.53. The fourth-order valence-corrected chi connectivity index (χ4v) is 5.31. The van der Waals surface area contributed by atoms with Crippen LogP contribution in [-0.2, 0) is 19.6 Å². The van der Waals surface area contributed by atoms with Crippen LogP contribution < -0.4 is 5.32 Å². The van der Waals surface area contributed by atoms with Crippen molar-refractivity contribution in [2.24, 2.45) is 5.92 Å². The van der Waals surface area contributed by atoms with Gasteiger partial charge in [0.2, 0.25) is 15.9 Å². The number of hydrogen-bond acceptors (Lipinski definition) is 6. The molecule has 0 aliphatic carbocycles. The number of amides is 1. The van der Waals surface area contributed by atoms with Gasteiger partial charge in [-0.25, -0.2) is 17.5 Å². The predicted octanol–water partition coefficient (Wildman–Crippen LogP) is 3.51. The quantitative estimate of drug-likeness (QED) is 0.680. The van der Waals surface area contributed by atoms with E-state index in [2.05, 4.69) is 5.32 Å². The molecule has 7 nitrogen and oxygen atoms in total. The van der Waals surface area contributed by atoms with Gasteiger partial charge in [-0.15, -0.1) is 11.3 Å². The highest BCUT2D eigenvalue weighted by Gasteiger charge is 2.31. The SMILES string of the molecule is CCOC(=O)c1sc(-c2ccc(C)cc2)cc1NC(=O)[C@H]1CCCN(S(C)(=O)=O)C1. The van der Waals surface area contributed by atoms with Crippen LogP contribution in [0.1, 0.15) is 35.0 Å². The fraction of sp³-hybridized carbons (Fsp3) is 0.429.